The van der Waals surface area contributed by atoms with Gasteiger partial charge in [-0.25, -0.2) is 0 Å². The number of hydrogen-bond donors (Lipinski definition) is 1. The second kappa shape index (κ2) is 6.53. The lowest BCUT2D eigenvalue weighted by Gasteiger charge is -1.99. The summed E-state index contributed by atoms with van der Waals surface area (Å²) in [5.41, 5.74) is 7.71. The van der Waals surface area contributed by atoms with Crippen LogP contribution in [0, 0.1) is 11.8 Å². The molecule has 0 radical (unpaired) electrons. The Hall–Kier alpha value is -0.910. The van der Waals surface area contributed by atoms with E-state index >= 15 is 0 Å². The van der Waals surface area contributed by atoms with Crippen LogP contribution in [-0.2, 0) is 5.75 Å². The minimum Gasteiger partial charge on any atom is -0.320 e. The fourth-order valence-corrected chi connectivity index (χ4v) is 1.73. The molecule has 1 aromatic rings. The molecule has 0 atom stereocenters. The van der Waals surface area contributed by atoms with Gasteiger partial charge in [0.1, 0.15) is 0 Å². The Labute approximate surface area is 90.1 Å². The maximum atomic E-state index is 5.32. The van der Waals surface area contributed by atoms with Crippen molar-refractivity contribution in [2.45, 2.75) is 12.7 Å². The molecule has 0 heterocycles. The van der Waals surface area contributed by atoms with E-state index in [0.29, 0.717) is 6.54 Å². The Morgan fingerprint density at radius 1 is 1.43 bits per heavy atom. The smallest absolute Gasteiger partial charge is 0.0555 e. The van der Waals surface area contributed by atoms with Crippen molar-refractivity contribution in [3.05, 3.63) is 35.4 Å². The van der Waals surface area contributed by atoms with Gasteiger partial charge < -0.3 is 5.73 Å². The highest BCUT2D eigenvalue weighted by molar-refractivity contribution is 7.98. The van der Waals surface area contributed by atoms with Crippen LogP contribution in [0.2, 0.25) is 0 Å². The highest BCUT2D eigenvalue weighted by Crippen LogP contribution is 2.12. The van der Waals surface area contributed by atoms with E-state index in [0.717, 1.165) is 17.1 Å². The molecule has 74 valence electrons. The predicted octanol–water partition coefficient (Wildman–Crippen LogP) is 2.25. The molecule has 0 unspecified atom stereocenters. The van der Waals surface area contributed by atoms with Crippen LogP contribution in [0.15, 0.2) is 24.3 Å². The largest absolute Gasteiger partial charge is 0.320 e. The van der Waals surface area contributed by atoms with Gasteiger partial charge in [-0.15, -0.1) is 0 Å². The molecular formula is C12H15NS. The van der Waals surface area contributed by atoms with E-state index in [4.69, 9.17) is 5.73 Å². The average molecular weight is 205 g/mol. The maximum Gasteiger partial charge on any atom is 0.0555 e. The Morgan fingerprint density at radius 2 is 2.29 bits per heavy atom. The third-order valence-corrected chi connectivity index (χ3v) is 2.68. The first-order chi connectivity index (χ1) is 6.86. The van der Waals surface area contributed by atoms with Gasteiger partial charge in [-0.2, -0.15) is 11.8 Å². The van der Waals surface area contributed by atoms with E-state index < -0.39 is 0 Å². The van der Waals surface area contributed by atoms with Crippen LogP contribution in [0.5, 0.6) is 0 Å². The number of hydrogen-bond acceptors (Lipinski definition) is 2. The molecule has 0 aliphatic carbocycles. The molecule has 0 spiro atoms. The number of rotatable bonds is 3. The molecule has 1 aromatic carbocycles. The van der Waals surface area contributed by atoms with Crippen molar-refractivity contribution in [1.82, 2.24) is 0 Å². The lowest BCUT2D eigenvalue weighted by atomic mass is 10.1. The summed E-state index contributed by atoms with van der Waals surface area (Å²) < 4.78 is 0. The molecule has 2 N–H and O–H groups in total. The molecule has 14 heavy (non-hydrogen) atoms. The molecule has 0 amide bonds. The second-order valence-corrected chi connectivity index (χ2v) is 4.12. The lowest BCUT2D eigenvalue weighted by Crippen LogP contribution is -1.93. The van der Waals surface area contributed by atoms with Crippen molar-refractivity contribution in [3.8, 4) is 11.8 Å². The van der Waals surface area contributed by atoms with Gasteiger partial charge in [0.05, 0.1) is 6.54 Å². The summed E-state index contributed by atoms with van der Waals surface area (Å²) in [6, 6.07) is 8.33. The number of nitrogens with two attached hydrogens (primary N) is 1. The van der Waals surface area contributed by atoms with Crippen molar-refractivity contribution in [2.75, 3.05) is 12.3 Å². The quantitative estimate of drug-likeness (QED) is 0.766. The van der Waals surface area contributed by atoms with Gasteiger partial charge in [0.2, 0.25) is 0 Å². The van der Waals surface area contributed by atoms with Gasteiger partial charge in [-0.05, 0) is 23.4 Å². The standard InChI is InChI=1S/C12H15NS/c1-2-14-10-12-6-3-5-11(9-12)7-4-8-13/h3,5-6,9H,2,8,10,13H2,1H3. The van der Waals surface area contributed by atoms with Crippen molar-refractivity contribution in [3.63, 3.8) is 0 Å². The van der Waals surface area contributed by atoms with Gasteiger partial charge >= 0.3 is 0 Å². The fourth-order valence-electron chi connectivity index (χ4n) is 1.11. The van der Waals surface area contributed by atoms with Crippen LogP contribution >= 0.6 is 11.8 Å². The Balaban J connectivity index is 2.68. The predicted molar refractivity (Wildman–Crippen MR) is 64.2 cm³/mol. The normalized spacial score (nSPS) is 9.29. The summed E-state index contributed by atoms with van der Waals surface area (Å²) in [7, 11) is 0. The van der Waals surface area contributed by atoms with E-state index in [2.05, 4.69) is 30.9 Å². The SMILES string of the molecule is CCSCc1cccc(C#CCN)c1. The zero-order valence-corrected chi connectivity index (χ0v) is 9.23. The third-order valence-electron chi connectivity index (χ3n) is 1.73. The van der Waals surface area contributed by atoms with Crippen LogP contribution < -0.4 is 5.73 Å². The Morgan fingerprint density at radius 3 is 3.00 bits per heavy atom. The van der Waals surface area contributed by atoms with Crippen LogP contribution in [-0.4, -0.2) is 12.3 Å². The second-order valence-electron chi connectivity index (χ2n) is 2.84. The molecule has 0 aromatic heterocycles. The highest BCUT2D eigenvalue weighted by Gasteiger charge is 1.93. The molecule has 1 rings (SSSR count). The number of benzene rings is 1. The average Bonchev–Trinajstić information content (AvgIpc) is 2.24. The number of thioether (sulfide) groups is 1. The van der Waals surface area contributed by atoms with E-state index in [-0.39, 0.29) is 0 Å². The molecule has 0 saturated carbocycles. The van der Waals surface area contributed by atoms with Gasteiger partial charge in [0, 0.05) is 11.3 Å². The Kier molecular flexibility index (Phi) is 5.21. The van der Waals surface area contributed by atoms with E-state index in [1.165, 1.54) is 5.56 Å². The van der Waals surface area contributed by atoms with Gasteiger partial charge in [0.25, 0.3) is 0 Å². The summed E-state index contributed by atoms with van der Waals surface area (Å²) in [6.07, 6.45) is 0. The van der Waals surface area contributed by atoms with Crippen molar-refractivity contribution >= 4 is 11.8 Å². The van der Waals surface area contributed by atoms with Crippen LogP contribution in [0.1, 0.15) is 18.1 Å². The fraction of sp³-hybridized carbons (Fsp3) is 0.333. The first kappa shape index (κ1) is 11.2. The summed E-state index contributed by atoms with van der Waals surface area (Å²) in [4.78, 5) is 0. The molecule has 0 saturated heterocycles. The monoisotopic (exact) mass is 205 g/mol. The van der Waals surface area contributed by atoms with Crippen molar-refractivity contribution in [2.24, 2.45) is 5.73 Å². The van der Waals surface area contributed by atoms with Crippen LogP contribution in [0.25, 0.3) is 0 Å². The topological polar surface area (TPSA) is 26.0 Å². The lowest BCUT2D eigenvalue weighted by molar-refractivity contribution is 1.30. The van der Waals surface area contributed by atoms with Crippen LogP contribution in [0.3, 0.4) is 0 Å². The van der Waals surface area contributed by atoms with Gasteiger partial charge in [-0.1, -0.05) is 30.9 Å². The van der Waals surface area contributed by atoms with Gasteiger partial charge in [0.15, 0.2) is 0 Å². The molecule has 0 fully saturated rings. The minimum absolute atomic E-state index is 0.425. The first-order valence-corrected chi connectivity index (χ1v) is 5.88. The summed E-state index contributed by atoms with van der Waals surface area (Å²) in [6.45, 7) is 2.59. The molecule has 2 heteroatoms. The van der Waals surface area contributed by atoms with E-state index in [1.54, 1.807) is 0 Å². The van der Waals surface area contributed by atoms with Crippen molar-refractivity contribution < 1.29 is 0 Å². The molecule has 0 aliphatic rings. The van der Waals surface area contributed by atoms with Crippen molar-refractivity contribution in [1.29, 1.82) is 0 Å². The Bertz CT molecular complexity index is 336. The van der Waals surface area contributed by atoms with Crippen LogP contribution in [0.4, 0.5) is 0 Å². The summed E-state index contributed by atoms with van der Waals surface area (Å²) in [5.74, 6) is 8.11. The zero-order valence-electron chi connectivity index (χ0n) is 8.42. The minimum atomic E-state index is 0.425. The maximum absolute atomic E-state index is 5.32. The van der Waals surface area contributed by atoms with E-state index in [1.807, 2.05) is 23.9 Å². The first-order valence-electron chi connectivity index (χ1n) is 4.72. The highest BCUT2D eigenvalue weighted by atomic mass is 32.2. The molecule has 0 aliphatic heterocycles. The molecular weight excluding hydrogens is 190 g/mol. The molecule has 0 bridgehead atoms. The van der Waals surface area contributed by atoms with Gasteiger partial charge in [-0.3, -0.25) is 0 Å². The van der Waals surface area contributed by atoms with E-state index in [9.17, 15) is 0 Å². The summed E-state index contributed by atoms with van der Waals surface area (Å²) >= 11 is 1.92. The third kappa shape index (κ3) is 3.87. The zero-order chi connectivity index (χ0) is 10.2. The summed E-state index contributed by atoms with van der Waals surface area (Å²) in [5, 5.41) is 0. The molecule has 1 nitrogen and oxygen atoms in total.